The quantitative estimate of drug-likeness (QED) is 0.882. The molecular weight excluding hydrogens is 278 g/mol. The van der Waals surface area contributed by atoms with Crippen LogP contribution in [0.3, 0.4) is 0 Å². The van der Waals surface area contributed by atoms with Gasteiger partial charge >= 0.3 is 0 Å². The third kappa shape index (κ3) is 4.52. The fourth-order valence-electron chi connectivity index (χ4n) is 2.02. The first kappa shape index (κ1) is 15.9. The zero-order chi connectivity index (χ0) is 15.9. The van der Waals surface area contributed by atoms with Crippen molar-refractivity contribution >= 4 is 11.6 Å². The molecule has 0 heterocycles. The molecule has 0 aliphatic heterocycles. The first-order valence-corrected chi connectivity index (χ1v) is 7.35. The van der Waals surface area contributed by atoms with E-state index in [1.54, 1.807) is 13.0 Å². The van der Waals surface area contributed by atoms with E-state index in [4.69, 9.17) is 9.47 Å². The Morgan fingerprint density at radius 1 is 1.14 bits per heavy atom. The molecule has 0 spiro atoms. The smallest absolute Gasteiger partial charge is 0.265 e. The van der Waals surface area contributed by atoms with Crippen LogP contribution in [0.25, 0.3) is 0 Å². The number of carbonyl (C=O) groups excluding carboxylic acids is 1. The third-order valence-corrected chi connectivity index (χ3v) is 3.08. The summed E-state index contributed by atoms with van der Waals surface area (Å²) in [4.78, 5) is 12.2. The van der Waals surface area contributed by atoms with Crippen LogP contribution < -0.4 is 14.8 Å². The number of ether oxygens (including phenoxy) is 2. The predicted molar refractivity (Wildman–Crippen MR) is 87.5 cm³/mol. The molecule has 22 heavy (non-hydrogen) atoms. The van der Waals surface area contributed by atoms with Crippen molar-refractivity contribution in [3.05, 3.63) is 54.1 Å². The molecule has 2 aromatic carbocycles. The van der Waals surface area contributed by atoms with E-state index < -0.39 is 6.10 Å². The van der Waals surface area contributed by atoms with Gasteiger partial charge in [0.05, 0.1) is 6.61 Å². The van der Waals surface area contributed by atoms with Gasteiger partial charge in [-0.1, -0.05) is 18.2 Å². The molecular formula is C18H21NO3. The van der Waals surface area contributed by atoms with Gasteiger partial charge in [0, 0.05) is 11.8 Å². The fourth-order valence-corrected chi connectivity index (χ4v) is 2.02. The summed E-state index contributed by atoms with van der Waals surface area (Å²) in [6, 6.07) is 14.9. The van der Waals surface area contributed by atoms with Gasteiger partial charge in [-0.3, -0.25) is 4.79 Å². The summed E-state index contributed by atoms with van der Waals surface area (Å²) in [5, 5.41) is 2.83. The molecule has 0 radical (unpaired) electrons. The monoisotopic (exact) mass is 299 g/mol. The topological polar surface area (TPSA) is 47.6 Å². The van der Waals surface area contributed by atoms with Crippen molar-refractivity contribution in [2.24, 2.45) is 0 Å². The SMILES string of the molecule is CCOc1cccc(NC(=O)C(C)Oc2cccc(C)c2)c1. The second-order valence-electron chi connectivity index (χ2n) is 5.03. The van der Waals surface area contributed by atoms with Crippen LogP contribution in [0.1, 0.15) is 19.4 Å². The summed E-state index contributed by atoms with van der Waals surface area (Å²) < 4.78 is 11.1. The molecule has 1 atom stereocenters. The van der Waals surface area contributed by atoms with Gasteiger partial charge in [-0.05, 0) is 50.6 Å². The van der Waals surface area contributed by atoms with Crippen molar-refractivity contribution in [2.75, 3.05) is 11.9 Å². The van der Waals surface area contributed by atoms with Crippen molar-refractivity contribution in [3.8, 4) is 11.5 Å². The van der Waals surface area contributed by atoms with Gasteiger partial charge in [-0.2, -0.15) is 0 Å². The van der Waals surface area contributed by atoms with Gasteiger partial charge in [0.25, 0.3) is 5.91 Å². The van der Waals surface area contributed by atoms with Crippen LogP contribution in [0.5, 0.6) is 11.5 Å². The van der Waals surface area contributed by atoms with E-state index in [0.717, 1.165) is 11.3 Å². The average molecular weight is 299 g/mol. The lowest BCUT2D eigenvalue weighted by Gasteiger charge is -2.15. The number of hydrogen-bond donors (Lipinski definition) is 1. The van der Waals surface area contributed by atoms with Crippen molar-refractivity contribution in [1.82, 2.24) is 0 Å². The van der Waals surface area contributed by atoms with Gasteiger partial charge in [-0.25, -0.2) is 0 Å². The van der Waals surface area contributed by atoms with Crippen LogP contribution in [0, 0.1) is 6.92 Å². The van der Waals surface area contributed by atoms with Gasteiger partial charge < -0.3 is 14.8 Å². The van der Waals surface area contributed by atoms with E-state index in [1.807, 2.05) is 56.3 Å². The Kier molecular flexibility index (Phi) is 5.42. The minimum atomic E-state index is -0.586. The molecule has 116 valence electrons. The Labute approximate surface area is 131 Å². The molecule has 2 aromatic rings. The van der Waals surface area contributed by atoms with Crippen LogP contribution in [-0.4, -0.2) is 18.6 Å². The van der Waals surface area contributed by atoms with E-state index in [2.05, 4.69) is 5.32 Å². The average Bonchev–Trinajstić information content (AvgIpc) is 2.48. The van der Waals surface area contributed by atoms with Crippen LogP contribution in [0.2, 0.25) is 0 Å². The van der Waals surface area contributed by atoms with E-state index in [1.165, 1.54) is 0 Å². The molecule has 1 amide bonds. The van der Waals surface area contributed by atoms with E-state index >= 15 is 0 Å². The largest absolute Gasteiger partial charge is 0.494 e. The molecule has 1 N–H and O–H groups in total. The summed E-state index contributed by atoms with van der Waals surface area (Å²) in [6.45, 7) is 6.22. The number of aryl methyl sites for hydroxylation is 1. The highest BCUT2D eigenvalue weighted by molar-refractivity contribution is 5.94. The highest BCUT2D eigenvalue weighted by Gasteiger charge is 2.15. The highest BCUT2D eigenvalue weighted by atomic mass is 16.5. The lowest BCUT2D eigenvalue weighted by Crippen LogP contribution is -2.30. The molecule has 0 aliphatic carbocycles. The summed E-state index contributed by atoms with van der Waals surface area (Å²) in [6.07, 6.45) is -0.586. The normalized spacial score (nSPS) is 11.6. The number of benzene rings is 2. The Bertz CT molecular complexity index is 640. The number of carbonyl (C=O) groups is 1. The molecule has 4 nitrogen and oxygen atoms in total. The van der Waals surface area contributed by atoms with Crippen LogP contribution in [-0.2, 0) is 4.79 Å². The second-order valence-corrected chi connectivity index (χ2v) is 5.03. The Morgan fingerprint density at radius 2 is 1.86 bits per heavy atom. The second kappa shape index (κ2) is 7.50. The van der Waals surface area contributed by atoms with Gasteiger partial charge in [-0.15, -0.1) is 0 Å². The molecule has 0 aliphatic rings. The van der Waals surface area contributed by atoms with Gasteiger partial charge in [0.2, 0.25) is 0 Å². The lowest BCUT2D eigenvalue weighted by atomic mass is 10.2. The molecule has 0 saturated carbocycles. The van der Waals surface area contributed by atoms with Gasteiger partial charge in [0.1, 0.15) is 11.5 Å². The van der Waals surface area contributed by atoms with Crippen LogP contribution >= 0.6 is 0 Å². The number of hydrogen-bond acceptors (Lipinski definition) is 3. The Morgan fingerprint density at radius 3 is 2.59 bits per heavy atom. The number of rotatable bonds is 6. The lowest BCUT2D eigenvalue weighted by molar-refractivity contribution is -0.122. The molecule has 2 rings (SSSR count). The predicted octanol–water partition coefficient (Wildman–Crippen LogP) is 3.80. The Hall–Kier alpha value is -2.49. The van der Waals surface area contributed by atoms with Crippen molar-refractivity contribution in [3.63, 3.8) is 0 Å². The van der Waals surface area contributed by atoms with Crippen LogP contribution in [0.15, 0.2) is 48.5 Å². The molecule has 0 saturated heterocycles. The fraction of sp³-hybridized carbons (Fsp3) is 0.278. The first-order valence-electron chi connectivity index (χ1n) is 7.35. The maximum atomic E-state index is 12.2. The zero-order valence-corrected chi connectivity index (χ0v) is 13.1. The summed E-state index contributed by atoms with van der Waals surface area (Å²) >= 11 is 0. The minimum Gasteiger partial charge on any atom is -0.494 e. The molecule has 1 unspecified atom stereocenters. The molecule has 0 bridgehead atoms. The maximum absolute atomic E-state index is 12.2. The van der Waals surface area contributed by atoms with Crippen molar-refractivity contribution in [1.29, 1.82) is 0 Å². The molecule has 4 heteroatoms. The van der Waals surface area contributed by atoms with Crippen LogP contribution in [0.4, 0.5) is 5.69 Å². The highest BCUT2D eigenvalue weighted by Crippen LogP contribution is 2.18. The van der Waals surface area contributed by atoms with Crippen molar-refractivity contribution in [2.45, 2.75) is 26.9 Å². The number of amides is 1. The summed E-state index contributed by atoms with van der Waals surface area (Å²) in [5.74, 6) is 1.22. The van der Waals surface area contributed by atoms with E-state index in [0.29, 0.717) is 18.0 Å². The van der Waals surface area contributed by atoms with Crippen molar-refractivity contribution < 1.29 is 14.3 Å². The number of anilines is 1. The summed E-state index contributed by atoms with van der Waals surface area (Å²) in [7, 11) is 0. The molecule has 0 fully saturated rings. The third-order valence-electron chi connectivity index (χ3n) is 3.08. The molecule has 0 aromatic heterocycles. The van der Waals surface area contributed by atoms with Gasteiger partial charge in [0.15, 0.2) is 6.10 Å². The van der Waals surface area contributed by atoms with E-state index in [-0.39, 0.29) is 5.91 Å². The first-order chi connectivity index (χ1) is 10.6. The van der Waals surface area contributed by atoms with E-state index in [9.17, 15) is 4.79 Å². The maximum Gasteiger partial charge on any atom is 0.265 e. The zero-order valence-electron chi connectivity index (χ0n) is 13.1. The standard InChI is InChI=1S/C18H21NO3/c1-4-21-16-9-6-8-15(12-16)19-18(20)14(3)22-17-10-5-7-13(2)11-17/h5-12,14H,4H2,1-3H3,(H,19,20). The number of nitrogens with one attached hydrogen (secondary N) is 1. The summed E-state index contributed by atoms with van der Waals surface area (Å²) in [5.41, 5.74) is 1.78. The Balaban J connectivity index is 1.97. The minimum absolute atomic E-state index is 0.199.